The van der Waals surface area contributed by atoms with Gasteiger partial charge in [-0.15, -0.1) is 0 Å². The van der Waals surface area contributed by atoms with Gasteiger partial charge in [-0.05, 0) is 23.8 Å². The molecule has 114 valence electrons. The van der Waals surface area contributed by atoms with Crippen molar-refractivity contribution in [3.05, 3.63) is 35.9 Å². The third kappa shape index (κ3) is 5.81. The summed E-state index contributed by atoms with van der Waals surface area (Å²) >= 11 is 2.02. The first kappa shape index (κ1) is 15.9. The lowest BCUT2D eigenvalue weighted by atomic mass is 10.2. The van der Waals surface area contributed by atoms with Crippen molar-refractivity contribution in [2.45, 2.75) is 12.2 Å². The second-order valence-corrected chi connectivity index (χ2v) is 6.62. The minimum absolute atomic E-state index is 0.656. The molecule has 21 heavy (non-hydrogen) atoms. The van der Waals surface area contributed by atoms with Gasteiger partial charge in [-0.1, -0.05) is 19.1 Å². The van der Waals surface area contributed by atoms with Crippen LogP contribution in [0.1, 0.15) is 12.5 Å². The fourth-order valence-electron chi connectivity index (χ4n) is 2.26. The quantitative estimate of drug-likeness (QED) is 0.819. The zero-order valence-corrected chi connectivity index (χ0v) is 13.0. The fraction of sp³-hybridized carbons (Fsp3) is 0.438. The topological polar surface area (TPSA) is 49.8 Å². The number of thioether (sulfide) groups is 1. The van der Waals surface area contributed by atoms with Crippen LogP contribution in [-0.2, 0) is 4.79 Å². The van der Waals surface area contributed by atoms with E-state index in [-0.39, 0.29) is 0 Å². The largest absolute Gasteiger partial charge is 0.492 e. The zero-order chi connectivity index (χ0) is 15.1. The first-order valence-corrected chi connectivity index (χ1v) is 8.16. The molecule has 1 atom stereocenters. The minimum Gasteiger partial charge on any atom is -0.492 e. The Morgan fingerprint density at radius 3 is 3.19 bits per heavy atom. The molecule has 1 aromatic rings. The zero-order valence-electron chi connectivity index (χ0n) is 12.2. The molecule has 1 N–H and O–H groups in total. The summed E-state index contributed by atoms with van der Waals surface area (Å²) in [6.45, 7) is 6.09. The van der Waals surface area contributed by atoms with Gasteiger partial charge in [-0.25, -0.2) is 4.79 Å². The van der Waals surface area contributed by atoms with Crippen molar-refractivity contribution in [3.8, 4) is 5.75 Å². The van der Waals surface area contributed by atoms with E-state index in [0.29, 0.717) is 11.9 Å². The standard InChI is InChI=1S/C16H21NO3S/c1-13-12-17(8-10-21-13)7-9-20-15-4-2-3-14(11-15)5-6-16(18)19/h2-6,11,13H,7-10,12H2,1H3,(H,18,19)/b6-5+. The van der Waals surface area contributed by atoms with E-state index in [4.69, 9.17) is 9.84 Å². The van der Waals surface area contributed by atoms with Gasteiger partial charge in [0.05, 0.1) is 0 Å². The van der Waals surface area contributed by atoms with Crippen molar-refractivity contribution in [1.29, 1.82) is 0 Å². The highest BCUT2D eigenvalue weighted by Crippen LogP contribution is 2.18. The molecular weight excluding hydrogens is 286 g/mol. The molecule has 0 aromatic heterocycles. The lowest BCUT2D eigenvalue weighted by Crippen LogP contribution is -2.39. The highest BCUT2D eigenvalue weighted by atomic mass is 32.2. The number of benzene rings is 1. The van der Waals surface area contributed by atoms with Crippen LogP contribution in [0.5, 0.6) is 5.75 Å². The van der Waals surface area contributed by atoms with Gasteiger partial charge in [0.1, 0.15) is 12.4 Å². The van der Waals surface area contributed by atoms with Crippen molar-refractivity contribution in [2.24, 2.45) is 0 Å². The molecule has 2 rings (SSSR count). The predicted molar refractivity (Wildman–Crippen MR) is 87.0 cm³/mol. The third-order valence-corrected chi connectivity index (χ3v) is 4.41. The molecule has 1 aliphatic heterocycles. The third-order valence-electron chi connectivity index (χ3n) is 3.28. The Hall–Kier alpha value is -1.46. The summed E-state index contributed by atoms with van der Waals surface area (Å²) in [5, 5.41) is 9.32. The lowest BCUT2D eigenvalue weighted by molar-refractivity contribution is -0.131. The van der Waals surface area contributed by atoms with Crippen LogP contribution in [0, 0.1) is 0 Å². The molecule has 1 saturated heterocycles. The number of ether oxygens (including phenoxy) is 1. The Morgan fingerprint density at radius 2 is 2.43 bits per heavy atom. The summed E-state index contributed by atoms with van der Waals surface area (Å²) in [5.41, 5.74) is 0.831. The van der Waals surface area contributed by atoms with E-state index in [1.54, 1.807) is 6.08 Å². The Balaban J connectivity index is 1.80. The predicted octanol–water partition coefficient (Wildman–Crippen LogP) is 2.60. The van der Waals surface area contributed by atoms with Gasteiger partial charge in [0, 0.05) is 36.7 Å². The molecule has 0 saturated carbocycles. The van der Waals surface area contributed by atoms with Crippen LogP contribution in [0.2, 0.25) is 0 Å². The van der Waals surface area contributed by atoms with E-state index < -0.39 is 5.97 Å². The average molecular weight is 307 g/mol. The number of hydrogen-bond acceptors (Lipinski definition) is 4. The van der Waals surface area contributed by atoms with Crippen LogP contribution in [0.4, 0.5) is 0 Å². The maximum atomic E-state index is 10.5. The van der Waals surface area contributed by atoms with Gasteiger partial charge in [-0.2, -0.15) is 11.8 Å². The van der Waals surface area contributed by atoms with E-state index in [2.05, 4.69) is 11.8 Å². The number of nitrogens with zero attached hydrogens (tertiary/aromatic N) is 1. The molecule has 1 heterocycles. The number of carbonyl (C=O) groups is 1. The summed E-state index contributed by atoms with van der Waals surface area (Å²) in [4.78, 5) is 12.9. The second kappa shape index (κ2) is 8.10. The Labute approximate surface area is 129 Å². The van der Waals surface area contributed by atoms with Crippen LogP contribution < -0.4 is 4.74 Å². The van der Waals surface area contributed by atoms with Crippen LogP contribution in [-0.4, -0.2) is 53.2 Å². The van der Waals surface area contributed by atoms with E-state index in [9.17, 15) is 4.79 Å². The van der Waals surface area contributed by atoms with Crippen molar-refractivity contribution in [3.63, 3.8) is 0 Å². The minimum atomic E-state index is -0.946. The molecule has 1 unspecified atom stereocenters. The SMILES string of the molecule is CC1CN(CCOc2cccc(/C=C/C(=O)O)c2)CCS1. The van der Waals surface area contributed by atoms with Gasteiger partial charge in [0.25, 0.3) is 0 Å². The number of hydrogen-bond donors (Lipinski definition) is 1. The van der Waals surface area contributed by atoms with E-state index in [0.717, 1.165) is 37.0 Å². The normalized spacial score (nSPS) is 19.8. The second-order valence-electron chi connectivity index (χ2n) is 5.07. The highest BCUT2D eigenvalue weighted by molar-refractivity contribution is 7.99. The lowest BCUT2D eigenvalue weighted by Gasteiger charge is -2.30. The maximum absolute atomic E-state index is 10.5. The van der Waals surface area contributed by atoms with Crippen molar-refractivity contribution in [1.82, 2.24) is 4.90 Å². The Morgan fingerprint density at radius 1 is 1.57 bits per heavy atom. The summed E-state index contributed by atoms with van der Waals surface area (Å²) in [6, 6.07) is 7.48. The van der Waals surface area contributed by atoms with Gasteiger partial charge in [0.15, 0.2) is 0 Å². The molecule has 0 amide bonds. The van der Waals surface area contributed by atoms with E-state index >= 15 is 0 Å². The average Bonchev–Trinajstić information content (AvgIpc) is 2.46. The summed E-state index contributed by atoms with van der Waals surface area (Å²) < 4.78 is 5.76. The Bertz CT molecular complexity index is 504. The molecule has 4 nitrogen and oxygen atoms in total. The summed E-state index contributed by atoms with van der Waals surface area (Å²) in [6.07, 6.45) is 2.70. The van der Waals surface area contributed by atoms with Gasteiger partial charge in [0.2, 0.25) is 0 Å². The van der Waals surface area contributed by atoms with Gasteiger partial charge in [-0.3, -0.25) is 4.90 Å². The molecule has 0 spiro atoms. The number of rotatable bonds is 6. The van der Waals surface area contributed by atoms with Crippen molar-refractivity contribution >= 4 is 23.8 Å². The molecule has 1 aromatic carbocycles. The molecule has 5 heteroatoms. The maximum Gasteiger partial charge on any atom is 0.328 e. The molecule has 0 radical (unpaired) electrons. The van der Waals surface area contributed by atoms with Crippen LogP contribution in [0.25, 0.3) is 6.08 Å². The molecule has 0 aliphatic carbocycles. The molecule has 1 fully saturated rings. The molecule has 0 bridgehead atoms. The van der Waals surface area contributed by atoms with Crippen LogP contribution >= 0.6 is 11.8 Å². The smallest absolute Gasteiger partial charge is 0.328 e. The number of carboxylic acids is 1. The number of carboxylic acid groups (broad SMARTS) is 1. The molecular formula is C16H21NO3S. The first-order valence-electron chi connectivity index (χ1n) is 7.11. The van der Waals surface area contributed by atoms with E-state index in [1.165, 1.54) is 5.75 Å². The Kier molecular flexibility index (Phi) is 6.14. The van der Waals surface area contributed by atoms with Crippen LogP contribution in [0.3, 0.4) is 0 Å². The monoisotopic (exact) mass is 307 g/mol. The van der Waals surface area contributed by atoms with Crippen LogP contribution in [0.15, 0.2) is 30.3 Å². The van der Waals surface area contributed by atoms with Crippen molar-refractivity contribution in [2.75, 3.05) is 32.0 Å². The van der Waals surface area contributed by atoms with Crippen molar-refractivity contribution < 1.29 is 14.6 Å². The van der Waals surface area contributed by atoms with Gasteiger partial charge < -0.3 is 9.84 Å². The van der Waals surface area contributed by atoms with Gasteiger partial charge >= 0.3 is 5.97 Å². The summed E-state index contributed by atoms with van der Waals surface area (Å²) in [7, 11) is 0. The summed E-state index contributed by atoms with van der Waals surface area (Å²) in [5.74, 6) is 1.02. The number of aliphatic carboxylic acids is 1. The highest BCUT2D eigenvalue weighted by Gasteiger charge is 2.15. The van der Waals surface area contributed by atoms with E-state index in [1.807, 2.05) is 36.0 Å². The molecule has 1 aliphatic rings. The fourth-order valence-corrected chi connectivity index (χ4v) is 3.34. The first-order chi connectivity index (χ1) is 10.1.